The monoisotopic (exact) mass is 396 g/mol. The van der Waals surface area contributed by atoms with E-state index < -0.39 is 23.8 Å². The zero-order chi connectivity index (χ0) is 20.1. The third kappa shape index (κ3) is 2.50. The summed E-state index contributed by atoms with van der Waals surface area (Å²) in [6.45, 7) is 0.102. The molecule has 2 aromatic carbocycles. The standard InChI is InChI=1S/C20H16N2O7/c1-25-12-5-3-10(7-14(12)26-2)17-16-18(29-21-17)20(24)22(19(16)23)11-4-6-13-15(8-11)28-9-27-13/h3-8,16,18H,9H2,1-2H3/t16-,18+/m1/s1. The fourth-order valence-corrected chi connectivity index (χ4v) is 3.69. The Bertz CT molecular complexity index is 1060. The Balaban J connectivity index is 1.49. The maximum absolute atomic E-state index is 13.2. The number of methoxy groups -OCH3 is 2. The van der Waals surface area contributed by atoms with E-state index in [-0.39, 0.29) is 6.79 Å². The van der Waals surface area contributed by atoms with Crippen molar-refractivity contribution in [3.63, 3.8) is 0 Å². The number of rotatable bonds is 4. The van der Waals surface area contributed by atoms with Gasteiger partial charge >= 0.3 is 0 Å². The van der Waals surface area contributed by atoms with Crippen molar-refractivity contribution in [2.45, 2.75) is 6.10 Å². The van der Waals surface area contributed by atoms with E-state index in [4.69, 9.17) is 23.8 Å². The minimum Gasteiger partial charge on any atom is -0.493 e. The molecule has 9 nitrogen and oxygen atoms in total. The molecule has 2 amide bonds. The summed E-state index contributed by atoms with van der Waals surface area (Å²) in [6, 6.07) is 10.1. The number of fused-ring (bicyclic) bond motifs is 2. The number of anilines is 1. The highest BCUT2D eigenvalue weighted by Gasteiger charge is 2.56. The summed E-state index contributed by atoms with van der Waals surface area (Å²) in [6.07, 6.45) is -1.00. The van der Waals surface area contributed by atoms with E-state index in [1.165, 1.54) is 14.2 Å². The number of nitrogens with zero attached hydrogens (tertiary/aromatic N) is 2. The van der Waals surface area contributed by atoms with Gasteiger partial charge in [0.15, 0.2) is 23.0 Å². The summed E-state index contributed by atoms with van der Waals surface area (Å²) in [5.74, 6) is 0.351. The predicted molar refractivity (Wildman–Crippen MR) is 99.5 cm³/mol. The van der Waals surface area contributed by atoms with Crippen LogP contribution in [0.1, 0.15) is 5.56 Å². The number of hydrogen-bond acceptors (Lipinski definition) is 8. The van der Waals surface area contributed by atoms with E-state index >= 15 is 0 Å². The molecule has 0 radical (unpaired) electrons. The summed E-state index contributed by atoms with van der Waals surface area (Å²) in [4.78, 5) is 32.5. The lowest BCUT2D eigenvalue weighted by atomic mass is 9.94. The average Bonchev–Trinajstić information content (AvgIpc) is 3.44. The van der Waals surface area contributed by atoms with E-state index in [1.54, 1.807) is 36.4 Å². The van der Waals surface area contributed by atoms with Crippen LogP contribution in [-0.2, 0) is 14.4 Å². The van der Waals surface area contributed by atoms with Gasteiger partial charge in [-0.3, -0.25) is 9.59 Å². The van der Waals surface area contributed by atoms with Gasteiger partial charge in [0.2, 0.25) is 18.8 Å². The zero-order valence-corrected chi connectivity index (χ0v) is 15.6. The van der Waals surface area contributed by atoms with E-state index in [0.717, 1.165) is 4.90 Å². The van der Waals surface area contributed by atoms with Gasteiger partial charge in [0.1, 0.15) is 11.6 Å². The summed E-state index contributed by atoms with van der Waals surface area (Å²) >= 11 is 0. The van der Waals surface area contributed by atoms with Gasteiger partial charge in [-0.2, -0.15) is 0 Å². The molecule has 0 unspecified atom stereocenters. The molecule has 5 rings (SSSR count). The summed E-state index contributed by atoms with van der Waals surface area (Å²) in [7, 11) is 3.05. The Morgan fingerprint density at radius 2 is 1.76 bits per heavy atom. The first-order chi connectivity index (χ1) is 14.1. The van der Waals surface area contributed by atoms with Gasteiger partial charge in [0.05, 0.1) is 19.9 Å². The van der Waals surface area contributed by atoms with Crippen molar-refractivity contribution >= 4 is 23.2 Å². The first-order valence-electron chi connectivity index (χ1n) is 8.86. The number of oxime groups is 1. The topological polar surface area (TPSA) is 95.9 Å². The second-order valence-electron chi connectivity index (χ2n) is 6.60. The van der Waals surface area contributed by atoms with Crippen LogP contribution in [-0.4, -0.2) is 44.6 Å². The Hall–Kier alpha value is -3.75. The van der Waals surface area contributed by atoms with Crippen molar-refractivity contribution < 1.29 is 33.4 Å². The quantitative estimate of drug-likeness (QED) is 0.726. The van der Waals surface area contributed by atoms with Crippen molar-refractivity contribution in [3.05, 3.63) is 42.0 Å². The molecule has 3 heterocycles. The highest BCUT2D eigenvalue weighted by atomic mass is 16.7. The fraction of sp³-hybridized carbons (Fsp3) is 0.250. The van der Waals surface area contributed by atoms with E-state index in [9.17, 15) is 9.59 Å². The van der Waals surface area contributed by atoms with Crippen LogP contribution in [0.5, 0.6) is 23.0 Å². The molecule has 9 heteroatoms. The number of amides is 2. The number of imide groups is 1. The molecule has 0 saturated carbocycles. The average molecular weight is 396 g/mol. The molecule has 1 fully saturated rings. The van der Waals surface area contributed by atoms with Gasteiger partial charge in [-0.15, -0.1) is 0 Å². The minimum absolute atomic E-state index is 0.102. The molecule has 0 aromatic heterocycles. The van der Waals surface area contributed by atoms with Crippen LogP contribution in [0.15, 0.2) is 41.6 Å². The lowest BCUT2D eigenvalue weighted by Gasteiger charge is -2.16. The Kier molecular flexibility index (Phi) is 3.83. The van der Waals surface area contributed by atoms with Crippen molar-refractivity contribution in [3.8, 4) is 23.0 Å². The molecule has 0 N–H and O–H groups in total. The van der Waals surface area contributed by atoms with Crippen LogP contribution >= 0.6 is 0 Å². The molecule has 148 valence electrons. The number of ether oxygens (including phenoxy) is 4. The Morgan fingerprint density at radius 1 is 0.966 bits per heavy atom. The van der Waals surface area contributed by atoms with Crippen LogP contribution < -0.4 is 23.8 Å². The van der Waals surface area contributed by atoms with Crippen LogP contribution in [0.25, 0.3) is 0 Å². The van der Waals surface area contributed by atoms with Gasteiger partial charge in [-0.25, -0.2) is 4.90 Å². The minimum atomic E-state index is -1.00. The second kappa shape index (κ2) is 6.40. The highest BCUT2D eigenvalue weighted by molar-refractivity contribution is 6.32. The summed E-state index contributed by atoms with van der Waals surface area (Å²) < 4.78 is 21.2. The van der Waals surface area contributed by atoms with Crippen molar-refractivity contribution in [2.75, 3.05) is 25.9 Å². The molecule has 3 aliphatic rings. The number of hydrogen-bond donors (Lipinski definition) is 0. The maximum atomic E-state index is 13.2. The van der Waals surface area contributed by atoms with Gasteiger partial charge < -0.3 is 23.8 Å². The Morgan fingerprint density at radius 3 is 2.55 bits per heavy atom. The normalized spacial score (nSPS) is 21.7. The molecule has 3 aliphatic heterocycles. The fourth-order valence-electron chi connectivity index (χ4n) is 3.69. The first-order valence-corrected chi connectivity index (χ1v) is 8.86. The number of carbonyl (C=O) groups excluding carboxylic acids is 2. The largest absolute Gasteiger partial charge is 0.493 e. The molecule has 0 bridgehead atoms. The van der Waals surface area contributed by atoms with Crippen molar-refractivity contribution in [2.24, 2.45) is 11.1 Å². The van der Waals surface area contributed by atoms with Crippen LogP contribution in [0, 0.1) is 5.92 Å². The van der Waals surface area contributed by atoms with Crippen LogP contribution in [0.2, 0.25) is 0 Å². The van der Waals surface area contributed by atoms with E-state index in [2.05, 4.69) is 5.16 Å². The third-order valence-electron chi connectivity index (χ3n) is 5.11. The molecule has 0 aliphatic carbocycles. The predicted octanol–water partition coefficient (Wildman–Crippen LogP) is 1.72. The summed E-state index contributed by atoms with van der Waals surface area (Å²) in [5.41, 5.74) is 1.38. The van der Waals surface area contributed by atoms with E-state index in [0.29, 0.717) is 40.0 Å². The SMILES string of the molecule is COc1ccc(C2=NO[C@@H]3C(=O)N(c4ccc5c(c4)OCO5)C(=O)[C@H]23)cc1OC. The van der Waals surface area contributed by atoms with E-state index in [1.807, 2.05) is 0 Å². The lowest BCUT2D eigenvalue weighted by Crippen LogP contribution is -2.33. The molecule has 0 spiro atoms. The van der Waals surface area contributed by atoms with Gasteiger partial charge in [0, 0.05) is 11.6 Å². The van der Waals surface area contributed by atoms with Gasteiger partial charge in [0.25, 0.3) is 5.91 Å². The zero-order valence-electron chi connectivity index (χ0n) is 15.6. The maximum Gasteiger partial charge on any atom is 0.278 e. The second-order valence-corrected chi connectivity index (χ2v) is 6.60. The lowest BCUT2D eigenvalue weighted by molar-refractivity contribution is -0.126. The summed E-state index contributed by atoms with van der Waals surface area (Å²) in [5, 5.41) is 4.02. The molecular weight excluding hydrogens is 380 g/mol. The van der Waals surface area contributed by atoms with Crippen molar-refractivity contribution in [1.82, 2.24) is 0 Å². The van der Waals surface area contributed by atoms with Gasteiger partial charge in [-0.05, 0) is 30.3 Å². The first kappa shape index (κ1) is 17.4. The number of carbonyl (C=O) groups is 2. The number of benzene rings is 2. The molecule has 1 saturated heterocycles. The smallest absolute Gasteiger partial charge is 0.278 e. The Labute approximate surface area is 165 Å². The molecule has 2 atom stereocenters. The highest BCUT2D eigenvalue weighted by Crippen LogP contribution is 2.40. The third-order valence-corrected chi connectivity index (χ3v) is 5.11. The van der Waals surface area contributed by atoms with Crippen molar-refractivity contribution in [1.29, 1.82) is 0 Å². The molecule has 2 aromatic rings. The van der Waals surface area contributed by atoms with Gasteiger partial charge in [-0.1, -0.05) is 5.16 Å². The van der Waals surface area contributed by atoms with Crippen LogP contribution in [0.3, 0.4) is 0 Å². The van der Waals surface area contributed by atoms with Crippen LogP contribution in [0.4, 0.5) is 5.69 Å². The molecular formula is C20H16N2O7. The molecule has 29 heavy (non-hydrogen) atoms.